The second-order valence-corrected chi connectivity index (χ2v) is 6.87. The van der Waals surface area contributed by atoms with E-state index < -0.39 is 0 Å². The summed E-state index contributed by atoms with van der Waals surface area (Å²) < 4.78 is 0. The van der Waals surface area contributed by atoms with Gasteiger partial charge in [-0.25, -0.2) is 0 Å². The molecule has 21 heavy (non-hydrogen) atoms. The Morgan fingerprint density at radius 3 is 2.57 bits per heavy atom. The minimum Gasteiger partial charge on any atom is -0.307 e. The molecular weight excluding hydrogens is 256 g/mol. The maximum Gasteiger partial charge on any atom is 0.0450 e. The fourth-order valence-corrected chi connectivity index (χ4v) is 3.83. The molecule has 2 heteroatoms. The summed E-state index contributed by atoms with van der Waals surface area (Å²) in [4.78, 5) is 2.83. The Labute approximate surface area is 129 Å². The van der Waals surface area contributed by atoms with Crippen LogP contribution in [0.25, 0.3) is 0 Å². The molecule has 3 atom stereocenters. The Kier molecular flexibility index (Phi) is 4.97. The lowest BCUT2D eigenvalue weighted by atomic mass is 9.96. The van der Waals surface area contributed by atoms with Gasteiger partial charge in [-0.15, -0.1) is 0 Å². The van der Waals surface area contributed by atoms with E-state index in [1.165, 1.54) is 44.2 Å². The van der Waals surface area contributed by atoms with Crippen molar-refractivity contribution < 1.29 is 0 Å². The molecule has 0 bridgehead atoms. The Hall–Kier alpha value is -0.860. The molecule has 2 fully saturated rings. The molecule has 3 rings (SSSR count). The maximum absolute atomic E-state index is 3.77. The highest BCUT2D eigenvalue weighted by atomic mass is 15.3. The van der Waals surface area contributed by atoms with Crippen LogP contribution in [0.3, 0.4) is 0 Å². The average molecular weight is 286 g/mol. The minimum absolute atomic E-state index is 0.502. The Morgan fingerprint density at radius 1 is 1.19 bits per heavy atom. The fourth-order valence-electron chi connectivity index (χ4n) is 3.83. The quantitative estimate of drug-likeness (QED) is 0.850. The van der Waals surface area contributed by atoms with E-state index in [1.54, 1.807) is 0 Å². The first kappa shape index (κ1) is 15.1. The van der Waals surface area contributed by atoms with Crippen LogP contribution in [0, 0.1) is 5.92 Å². The summed E-state index contributed by atoms with van der Waals surface area (Å²) in [5, 5.41) is 3.77. The molecule has 2 nitrogen and oxygen atoms in total. The van der Waals surface area contributed by atoms with Crippen LogP contribution >= 0.6 is 0 Å². The van der Waals surface area contributed by atoms with E-state index >= 15 is 0 Å². The normalized spacial score (nSPS) is 28.5. The van der Waals surface area contributed by atoms with Crippen molar-refractivity contribution in [1.82, 2.24) is 10.2 Å². The minimum atomic E-state index is 0.502. The van der Waals surface area contributed by atoms with Crippen molar-refractivity contribution >= 4 is 0 Å². The number of piperazine rings is 1. The van der Waals surface area contributed by atoms with Crippen LogP contribution in [0.1, 0.15) is 57.6 Å². The highest BCUT2D eigenvalue weighted by molar-refractivity contribution is 5.20. The van der Waals surface area contributed by atoms with Crippen LogP contribution in [0.15, 0.2) is 30.3 Å². The monoisotopic (exact) mass is 286 g/mol. The van der Waals surface area contributed by atoms with E-state index in [0.717, 1.165) is 18.5 Å². The van der Waals surface area contributed by atoms with Crippen molar-refractivity contribution in [2.45, 2.75) is 64.1 Å². The van der Waals surface area contributed by atoms with Gasteiger partial charge in [-0.3, -0.25) is 4.90 Å². The summed E-state index contributed by atoms with van der Waals surface area (Å²) in [5.74, 6) is 1.03. The van der Waals surface area contributed by atoms with Crippen molar-refractivity contribution in [3.05, 3.63) is 35.9 Å². The molecule has 0 amide bonds. The molecule has 116 valence electrons. The van der Waals surface area contributed by atoms with Gasteiger partial charge in [0.05, 0.1) is 0 Å². The maximum atomic E-state index is 3.77. The van der Waals surface area contributed by atoms with E-state index in [1.807, 2.05) is 0 Å². The van der Waals surface area contributed by atoms with Crippen molar-refractivity contribution in [1.29, 1.82) is 0 Å². The van der Waals surface area contributed by atoms with Crippen LogP contribution in [0.5, 0.6) is 0 Å². The van der Waals surface area contributed by atoms with Gasteiger partial charge in [-0.2, -0.15) is 0 Å². The van der Waals surface area contributed by atoms with Crippen molar-refractivity contribution in [3.8, 4) is 0 Å². The van der Waals surface area contributed by atoms with Crippen LogP contribution in [-0.2, 0) is 0 Å². The Bertz CT molecular complexity index is 426. The van der Waals surface area contributed by atoms with Gasteiger partial charge < -0.3 is 5.32 Å². The molecule has 2 aliphatic rings. The molecule has 0 radical (unpaired) electrons. The zero-order valence-corrected chi connectivity index (χ0v) is 13.6. The predicted octanol–water partition coefficient (Wildman–Crippen LogP) is 3.99. The molecule has 3 unspecified atom stereocenters. The van der Waals surface area contributed by atoms with Crippen LogP contribution in [0.4, 0.5) is 0 Å². The molecule has 0 aromatic heterocycles. The molecule has 1 aromatic carbocycles. The number of benzene rings is 1. The van der Waals surface area contributed by atoms with Gasteiger partial charge in [-0.1, -0.05) is 57.0 Å². The van der Waals surface area contributed by atoms with E-state index in [-0.39, 0.29) is 0 Å². The second kappa shape index (κ2) is 6.93. The second-order valence-electron chi connectivity index (χ2n) is 6.87. The number of hydrogen-bond donors (Lipinski definition) is 1. The number of hydrogen-bond acceptors (Lipinski definition) is 2. The van der Waals surface area contributed by atoms with Crippen LogP contribution in [0.2, 0.25) is 0 Å². The summed E-state index contributed by atoms with van der Waals surface area (Å²) in [6.45, 7) is 7.02. The third-order valence-corrected chi connectivity index (χ3v) is 5.38. The smallest absolute Gasteiger partial charge is 0.0450 e. The van der Waals surface area contributed by atoms with E-state index in [9.17, 15) is 0 Å². The molecule has 1 heterocycles. The van der Waals surface area contributed by atoms with E-state index in [0.29, 0.717) is 12.1 Å². The van der Waals surface area contributed by atoms with Crippen molar-refractivity contribution in [3.63, 3.8) is 0 Å². The van der Waals surface area contributed by atoms with Gasteiger partial charge in [0, 0.05) is 31.2 Å². The zero-order valence-electron chi connectivity index (χ0n) is 13.6. The lowest BCUT2D eigenvalue weighted by Crippen LogP contribution is -2.56. The molecule has 1 aromatic rings. The number of rotatable bonds is 6. The van der Waals surface area contributed by atoms with Crippen LogP contribution < -0.4 is 5.32 Å². The highest BCUT2D eigenvalue weighted by Crippen LogP contribution is 2.37. The van der Waals surface area contributed by atoms with Crippen molar-refractivity contribution in [2.24, 2.45) is 5.92 Å². The zero-order chi connectivity index (χ0) is 14.7. The molecule has 1 saturated heterocycles. The molecule has 1 aliphatic heterocycles. The van der Waals surface area contributed by atoms with Gasteiger partial charge in [0.25, 0.3) is 0 Å². The largest absolute Gasteiger partial charge is 0.307 e. The highest BCUT2D eigenvalue weighted by Gasteiger charge is 2.34. The summed E-state index contributed by atoms with van der Waals surface area (Å²) in [7, 11) is 0. The first-order valence-electron chi connectivity index (χ1n) is 8.85. The molecule has 0 spiro atoms. The van der Waals surface area contributed by atoms with E-state index in [4.69, 9.17) is 0 Å². The first-order chi connectivity index (χ1) is 10.3. The summed E-state index contributed by atoms with van der Waals surface area (Å²) in [5.41, 5.74) is 1.44. The summed E-state index contributed by atoms with van der Waals surface area (Å²) in [6, 6.07) is 13.0. The van der Waals surface area contributed by atoms with Gasteiger partial charge in [0.1, 0.15) is 0 Å². The Balaban J connectivity index is 1.71. The standard InChI is InChI=1S/C19H30N2/c1-3-17(12-15-10-11-15)21-14-19(20-13-18(21)4-2)16-8-6-5-7-9-16/h5-9,15,17-20H,3-4,10-14H2,1-2H3. The lowest BCUT2D eigenvalue weighted by molar-refractivity contribution is 0.0689. The number of nitrogens with one attached hydrogen (secondary N) is 1. The van der Waals surface area contributed by atoms with Gasteiger partial charge >= 0.3 is 0 Å². The van der Waals surface area contributed by atoms with E-state index in [2.05, 4.69) is 54.4 Å². The average Bonchev–Trinajstić information content (AvgIpc) is 3.37. The first-order valence-corrected chi connectivity index (χ1v) is 8.85. The molecule has 1 N–H and O–H groups in total. The molecular formula is C19H30N2. The van der Waals surface area contributed by atoms with Gasteiger partial charge in [0.2, 0.25) is 0 Å². The Morgan fingerprint density at radius 2 is 1.95 bits per heavy atom. The molecule has 1 aliphatic carbocycles. The van der Waals surface area contributed by atoms with Gasteiger partial charge in [0.15, 0.2) is 0 Å². The van der Waals surface area contributed by atoms with Gasteiger partial charge in [-0.05, 0) is 30.7 Å². The lowest BCUT2D eigenvalue weighted by Gasteiger charge is -2.44. The summed E-state index contributed by atoms with van der Waals surface area (Å²) >= 11 is 0. The summed E-state index contributed by atoms with van der Waals surface area (Å²) in [6.07, 6.45) is 6.93. The third kappa shape index (κ3) is 3.67. The van der Waals surface area contributed by atoms with Crippen LogP contribution in [-0.4, -0.2) is 30.1 Å². The molecule has 1 saturated carbocycles. The van der Waals surface area contributed by atoms with Crippen molar-refractivity contribution in [2.75, 3.05) is 13.1 Å². The fraction of sp³-hybridized carbons (Fsp3) is 0.684. The third-order valence-electron chi connectivity index (χ3n) is 5.38. The topological polar surface area (TPSA) is 15.3 Å². The number of nitrogens with zero attached hydrogens (tertiary/aromatic N) is 1. The SMILES string of the molecule is CCC1CNC(c2ccccc2)CN1C(CC)CC1CC1. The predicted molar refractivity (Wildman–Crippen MR) is 89.4 cm³/mol.